The Morgan fingerprint density at radius 2 is 2.11 bits per heavy atom. The van der Waals surface area contributed by atoms with Crippen LogP contribution in [0.15, 0.2) is 52.2 Å². The van der Waals surface area contributed by atoms with Gasteiger partial charge in [0, 0.05) is 28.7 Å². The van der Waals surface area contributed by atoms with Crippen molar-refractivity contribution >= 4 is 29.4 Å². The van der Waals surface area contributed by atoms with E-state index in [0.717, 1.165) is 17.0 Å². The van der Waals surface area contributed by atoms with Gasteiger partial charge in [0.2, 0.25) is 0 Å². The lowest BCUT2D eigenvalue weighted by Crippen LogP contribution is -2.16. The zero-order valence-electron chi connectivity index (χ0n) is 14.5. The number of nitrogens with zero attached hydrogens (tertiary/aromatic N) is 3. The monoisotopic (exact) mass is 386 g/mol. The van der Waals surface area contributed by atoms with Gasteiger partial charge in [-0.3, -0.25) is 14.9 Å². The molecule has 0 unspecified atom stereocenters. The van der Waals surface area contributed by atoms with Crippen molar-refractivity contribution in [2.75, 3.05) is 0 Å². The molecular formula is C18H15ClN4O4. The van der Waals surface area contributed by atoms with Crippen molar-refractivity contribution in [3.8, 4) is 5.69 Å². The van der Waals surface area contributed by atoms with Gasteiger partial charge >= 0.3 is 5.91 Å². The van der Waals surface area contributed by atoms with Crippen LogP contribution in [0.1, 0.15) is 27.5 Å². The van der Waals surface area contributed by atoms with Crippen LogP contribution in [0.2, 0.25) is 5.02 Å². The van der Waals surface area contributed by atoms with Gasteiger partial charge in [0.25, 0.3) is 5.69 Å². The number of aromatic nitrogens is 1. The molecule has 0 fully saturated rings. The van der Waals surface area contributed by atoms with Crippen LogP contribution in [0, 0.1) is 24.0 Å². The molecular weight excluding hydrogens is 372 g/mol. The SMILES string of the molecule is Cc1cc(/C=N\NC(=O)c2ccco2)c(C)n1-c1ccc([N+](=O)[O-])c(Cl)c1. The van der Waals surface area contributed by atoms with Gasteiger partial charge in [-0.25, -0.2) is 5.43 Å². The first-order valence-electron chi connectivity index (χ1n) is 7.88. The van der Waals surface area contributed by atoms with E-state index in [1.807, 2.05) is 24.5 Å². The minimum atomic E-state index is -0.527. The fourth-order valence-electron chi connectivity index (χ4n) is 2.72. The molecule has 0 aliphatic heterocycles. The van der Waals surface area contributed by atoms with Crippen LogP contribution in [0.4, 0.5) is 5.69 Å². The van der Waals surface area contributed by atoms with E-state index in [4.69, 9.17) is 16.0 Å². The molecule has 0 aliphatic rings. The maximum atomic E-state index is 11.8. The van der Waals surface area contributed by atoms with E-state index in [-0.39, 0.29) is 16.5 Å². The molecule has 1 amide bonds. The average Bonchev–Trinajstić information content (AvgIpc) is 3.23. The molecule has 0 radical (unpaired) electrons. The van der Waals surface area contributed by atoms with Gasteiger partial charge in [0.15, 0.2) is 5.76 Å². The number of benzene rings is 1. The van der Waals surface area contributed by atoms with Crippen LogP contribution in [0.5, 0.6) is 0 Å². The summed E-state index contributed by atoms with van der Waals surface area (Å²) in [5, 5.41) is 14.9. The van der Waals surface area contributed by atoms with Crippen molar-refractivity contribution in [2.45, 2.75) is 13.8 Å². The number of aryl methyl sites for hydroxylation is 1. The van der Waals surface area contributed by atoms with Crippen LogP contribution in [0.3, 0.4) is 0 Å². The molecule has 0 saturated heterocycles. The zero-order valence-corrected chi connectivity index (χ0v) is 15.2. The number of amides is 1. The lowest BCUT2D eigenvalue weighted by Gasteiger charge is -2.10. The number of carbonyl (C=O) groups is 1. The maximum absolute atomic E-state index is 11.8. The second-order valence-electron chi connectivity index (χ2n) is 5.73. The summed E-state index contributed by atoms with van der Waals surface area (Å²) in [7, 11) is 0. The summed E-state index contributed by atoms with van der Waals surface area (Å²) in [5.74, 6) is -0.287. The molecule has 3 aromatic rings. The molecule has 138 valence electrons. The summed E-state index contributed by atoms with van der Waals surface area (Å²) in [4.78, 5) is 22.2. The highest BCUT2D eigenvalue weighted by molar-refractivity contribution is 6.32. The molecule has 1 N–H and O–H groups in total. The molecule has 0 spiro atoms. The van der Waals surface area contributed by atoms with Crippen molar-refractivity contribution < 1.29 is 14.1 Å². The molecule has 1 aromatic carbocycles. The van der Waals surface area contributed by atoms with E-state index in [2.05, 4.69) is 10.5 Å². The van der Waals surface area contributed by atoms with Gasteiger partial charge in [-0.1, -0.05) is 11.6 Å². The van der Waals surface area contributed by atoms with E-state index >= 15 is 0 Å². The molecule has 27 heavy (non-hydrogen) atoms. The Kier molecular flexibility index (Phi) is 5.09. The van der Waals surface area contributed by atoms with Crippen molar-refractivity contribution in [3.63, 3.8) is 0 Å². The third-order valence-electron chi connectivity index (χ3n) is 3.97. The number of nitro benzene ring substituents is 1. The van der Waals surface area contributed by atoms with Gasteiger partial charge in [-0.05, 0) is 44.2 Å². The summed E-state index contributed by atoms with van der Waals surface area (Å²) >= 11 is 6.02. The Hall–Kier alpha value is -3.39. The number of hydrogen-bond donors (Lipinski definition) is 1. The van der Waals surface area contributed by atoms with E-state index in [1.165, 1.54) is 24.6 Å². The highest BCUT2D eigenvalue weighted by Gasteiger charge is 2.15. The Bertz CT molecular complexity index is 1040. The number of halogens is 1. The van der Waals surface area contributed by atoms with Gasteiger partial charge in [-0.15, -0.1) is 0 Å². The van der Waals surface area contributed by atoms with Crippen LogP contribution in [-0.2, 0) is 0 Å². The quantitative estimate of drug-likeness (QED) is 0.406. The van der Waals surface area contributed by atoms with Crippen LogP contribution >= 0.6 is 11.6 Å². The molecule has 2 heterocycles. The average molecular weight is 387 g/mol. The normalized spacial score (nSPS) is 11.1. The summed E-state index contributed by atoms with van der Waals surface area (Å²) < 4.78 is 6.88. The first-order valence-corrected chi connectivity index (χ1v) is 8.26. The number of hydrazone groups is 1. The van der Waals surface area contributed by atoms with Crippen LogP contribution in [-0.4, -0.2) is 21.6 Å². The second-order valence-corrected chi connectivity index (χ2v) is 6.14. The highest BCUT2D eigenvalue weighted by Crippen LogP contribution is 2.28. The topological polar surface area (TPSA) is 103 Å². The molecule has 9 heteroatoms. The number of nitrogens with one attached hydrogen (secondary N) is 1. The number of furan rings is 1. The van der Waals surface area contributed by atoms with Gasteiger partial charge in [0.05, 0.1) is 17.4 Å². The van der Waals surface area contributed by atoms with Gasteiger partial charge in [-0.2, -0.15) is 5.10 Å². The Balaban J connectivity index is 1.84. The smallest absolute Gasteiger partial charge is 0.307 e. The number of rotatable bonds is 5. The van der Waals surface area contributed by atoms with Gasteiger partial charge in [0.1, 0.15) is 5.02 Å². The summed E-state index contributed by atoms with van der Waals surface area (Å²) in [6, 6.07) is 9.57. The van der Waals surface area contributed by atoms with Crippen molar-refractivity contribution in [2.24, 2.45) is 5.10 Å². The molecule has 3 rings (SSSR count). The van der Waals surface area contributed by atoms with E-state index < -0.39 is 10.8 Å². The minimum absolute atomic E-state index is 0.0610. The Morgan fingerprint density at radius 1 is 1.33 bits per heavy atom. The fourth-order valence-corrected chi connectivity index (χ4v) is 2.97. The summed E-state index contributed by atoms with van der Waals surface area (Å²) in [6.45, 7) is 3.76. The molecule has 2 aromatic heterocycles. The van der Waals surface area contributed by atoms with E-state index in [1.54, 1.807) is 18.2 Å². The lowest BCUT2D eigenvalue weighted by atomic mass is 10.2. The van der Waals surface area contributed by atoms with Gasteiger partial charge < -0.3 is 8.98 Å². The predicted octanol–water partition coefficient (Wildman–Crippen LogP) is 4.01. The molecule has 0 bridgehead atoms. The third kappa shape index (κ3) is 3.75. The maximum Gasteiger partial charge on any atom is 0.307 e. The van der Waals surface area contributed by atoms with Crippen molar-refractivity contribution in [1.29, 1.82) is 0 Å². The summed E-state index contributed by atoms with van der Waals surface area (Å²) in [5.41, 5.74) is 5.44. The lowest BCUT2D eigenvalue weighted by molar-refractivity contribution is -0.384. The third-order valence-corrected chi connectivity index (χ3v) is 4.27. The molecule has 0 aliphatic carbocycles. The standard InChI is InChI=1S/C18H15ClN4O4/c1-11-8-13(10-20-21-18(24)17-4-3-7-27-17)12(2)22(11)14-5-6-16(23(25)26)15(19)9-14/h3-10H,1-2H3,(H,21,24)/b20-10-. The number of nitro groups is 1. The minimum Gasteiger partial charge on any atom is -0.459 e. The number of hydrogen-bond acceptors (Lipinski definition) is 5. The Morgan fingerprint density at radius 3 is 2.74 bits per heavy atom. The molecule has 0 saturated carbocycles. The highest BCUT2D eigenvalue weighted by atomic mass is 35.5. The predicted molar refractivity (Wildman–Crippen MR) is 101 cm³/mol. The first-order chi connectivity index (χ1) is 12.9. The van der Waals surface area contributed by atoms with Crippen molar-refractivity contribution in [1.82, 2.24) is 9.99 Å². The van der Waals surface area contributed by atoms with Crippen LogP contribution < -0.4 is 5.43 Å². The summed E-state index contributed by atoms with van der Waals surface area (Å²) in [6.07, 6.45) is 2.92. The largest absolute Gasteiger partial charge is 0.459 e. The second kappa shape index (κ2) is 7.46. The fraction of sp³-hybridized carbons (Fsp3) is 0.111. The zero-order chi connectivity index (χ0) is 19.6. The van der Waals surface area contributed by atoms with Crippen LogP contribution in [0.25, 0.3) is 5.69 Å². The van der Waals surface area contributed by atoms with E-state index in [0.29, 0.717) is 5.69 Å². The van der Waals surface area contributed by atoms with E-state index in [9.17, 15) is 14.9 Å². The molecule has 0 atom stereocenters. The Labute approximate surface area is 159 Å². The molecule has 8 nitrogen and oxygen atoms in total. The number of carbonyl (C=O) groups excluding carboxylic acids is 1. The first kappa shape index (κ1) is 18.4. The van der Waals surface area contributed by atoms with Crippen molar-refractivity contribution in [3.05, 3.63) is 80.5 Å².